The molecule has 0 amide bonds. The molecule has 4 heteroatoms. The summed E-state index contributed by atoms with van der Waals surface area (Å²) in [6.45, 7) is 3.72. The minimum absolute atomic E-state index is 0.461. The van der Waals surface area contributed by atoms with Crippen molar-refractivity contribution < 1.29 is 9.47 Å². The van der Waals surface area contributed by atoms with E-state index in [9.17, 15) is 0 Å². The molecule has 2 aliphatic heterocycles. The van der Waals surface area contributed by atoms with Crippen LogP contribution in [0.25, 0.3) is 0 Å². The molecule has 0 aliphatic carbocycles. The molecule has 1 fully saturated rings. The molecule has 0 saturated carbocycles. The van der Waals surface area contributed by atoms with E-state index in [1.807, 2.05) is 7.05 Å². The molecular weight excluding hydrogens is 264 g/mol. The van der Waals surface area contributed by atoms with Crippen LogP contribution < -0.4 is 14.8 Å². The zero-order valence-corrected chi connectivity index (χ0v) is 13.1. The van der Waals surface area contributed by atoms with Crippen LogP contribution in [0, 0.1) is 5.92 Å². The van der Waals surface area contributed by atoms with Crippen LogP contribution in [0.2, 0.25) is 0 Å². The summed E-state index contributed by atoms with van der Waals surface area (Å²) in [4.78, 5) is 2.48. The molecule has 4 nitrogen and oxygen atoms in total. The molecule has 2 heterocycles. The molecule has 116 valence electrons. The van der Waals surface area contributed by atoms with E-state index in [4.69, 9.17) is 9.47 Å². The van der Waals surface area contributed by atoms with Crippen LogP contribution in [0.3, 0.4) is 0 Å². The molecule has 2 aliphatic rings. The quantitative estimate of drug-likeness (QED) is 0.927. The Labute approximate surface area is 127 Å². The van der Waals surface area contributed by atoms with Crippen molar-refractivity contribution in [3.05, 3.63) is 23.8 Å². The Kier molecular flexibility index (Phi) is 4.66. The minimum atomic E-state index is 0.461. The Morgan fingerprint density at radius 1 is 1.19 bits per heavy atom. The summed E-state index contributed by atoms with van der Waals surface area (Å²) in [6.07, 6.45) is 3.52. The van der Waals surface area contributed by atoms with Gasteiger partial charge in [-0.05, 0) is 63.6 Å². The van der Waals surface area contributed by atoms with Crippen LogP contribution in [0.4, 0.5) is 0 Å². The van der Waals surface area contributed by atoms with Gasteiger partial charge < -0.3 is 14.8 Å². The molecule has 21 heavy (non-hydrogen) atoms. The van der Waals surface area contributed by atoms with Gasteiger partial charge in [-0.15, -0.1) is 0 Å². The number of nitrogens with one attached hydrogen (secondary N) is 1. The Hall–Kier alpha value is -1.26. The molecule has 3 rings (SSSR count). The van der Waals surface area contributed by atoms with Crippen LogP contribution in [-0.4, -0.2) is 45.3 Å². The highest BCUT2D eigenvalue weighted by molar-refractivity contribution is 5.44. The molecule has 0 aromatic heterocycles. The zero-order valence-electron chi connectivity index (χ0n) is 13.1. The maximum absolute atomic E-state index is 5.85. The Bertz CT molecular complexity index is 476. The lowest BCUT2D eigenvalue weighted by Gasteiger charge is -2.39. The molecule has 2 unspecified atom stereocenters. The lowest BCUT2D eigenvalue weighted by Crippen LogP contribution is -2.39. The number of hydrogen-bond acceptors (Lipinski definition) is 4. The first-order chi connectivity index (χ1) is 10.3. The largest absolute Gasteiger partial charge is 0.490 e. The van der Waals surface area contributed by atoms with Crippen molar-refractivity contribution in [1.29, 1.82) is 0 Å². The fourth-order valence-electron chi connectivity index (χ4n) is 3.63. The zero-order chi connectivity index (χ0) is 14.7. The summed E-state index contributed by atoms with van der Waals surface area (Å²) in [7, 11) is 4.27. The first kappa shape index (κ1) is 14.7. The van der Waals surface area contributed by atoms with Gasteiger partial charge in [0.25, 0.3) is 0 Å². The van der Waals surface area contributed by atoms with Crippen molar-refractivity contribution >= 4 is 0 Å². The number of benzene rings is 1. The van der Waals surface area contributed by atoms with E-state index in [1.165, 1.54) is 24.9 Å². The van der Waals surface area contributed by atoms with Crippen molar-refractivity contribution in [3.8, 4) is 11.5 Å². The highest BCUT2D eigenvalue weighted by Gasteiger charge is 2.30. The molecule has 0 spiro atoms. The van der Waals surface area contributed by atoms with Crippen molar-refractivity contribution in [2.24, 2.45) is 5.92 Å². The molecule has 0 radical (unpaired) electrons. The number of nitrogens with zero attached hydrogens (tertiary/aromatic N) is 1. The summed E-state index contributed by atoms with van der Waals surface area (Å²) < 4.78 is 11.6. The standard InChI is InChI=1S/C17H26N2O2/c1-18-12-14-5-3-8-19(2)17(14)13-6-7-15-16(11-13)21-10-4-9-20-15/h6-7,11,14,17-18H,3-5,8-10,12H2,1-2H3. The normalized spacial score (nSPS) is 26.4. The predicted molar refractivity (Wildman–Crippen MR) is 84.1 cm³/mol. The van der Waals surface area contributed by atoms with Crippen molar-refractivity contribution in [2.45, 2.75) is 25.3 Å². The Balaban J connectivity index is 1.88. The van der Waals surface area contributed by atoms with E-state index >= 15 is 0 Å². The molecular formula is C17H26N2O2. The molecule has 0 bridgehead atoms. The highest BCUT2D eigenvalue weighted by Crippen LogP contribution is 2.39. The number of hydrogen-bond donors (Lipinski definition) is 1. The Morgan fingerprint density at radius 3 is 2.81 bits per heavy atom. The summed E-state index contributed by atoms with van der Waals surface area (Å²) >= 11 is 0. The van der Waals surface area contributed by atoms with Crippen LogP contribution >= 0.6 is 0 Å². The first-order valence-electron chi connectivity index (χ1n) is 8.04. The van der Waals surface area contributed by atoms with Gasteiger partial charge >= 0.3 is 0 Å². The summed E-state index contributed by atoms with van der Waals surface area (Å²) in [5.41, 5.74) is 1.35. The van der Waals surface area contributed by atoms with Crippen LogP contribution in [-0.2, 0) is 0 Å². The number of rotatable bonds is 3. The van der Waals surface area contributed by atoms with Gasteiger partial charge in [0.1, 0.15) is 0 Å². The van der Waals surface area contributed by atoms with E-state index in [2.05, 4.69) is 35.5 Å². The SMILES string of the molecule is CNCC1CCCN(C)C1c1ccc2c(c1)OCCCO2. The minimum Gasteiger partial charge on any atom is -0.490 e. The number of piperidine rings is 1. The molecule has 2 atom stereocenters. The fraction of sp³-hybridized carbons (Fsp3) is 0.647. The van der Waals surface area contributed by atoms with Gasteiger partial charge in [-0.2, -0.15) is 0 Å². The fourth-order valence-corrected chi connectivity index (χ4v) is 3.63. The molecule has 1 aromatic rings. The maximum Gasteiger partial charge on any atom is 0.161 e. The van der Waals surface area contributed by atoms with Crippen LogP contribution in [0.1, 0.15) is 30.9 Å². The van der Waals surface area contributed by atoms with E-state index in [-0.39, 0.29) is 0 Å². The highest BCUT2D eigenvalue weighted by atomic mass is 16.5. The van der Waals surface area contributed by atoms with Gasteiger partial charge in [0, 0.05) is 12.5 Å². The van der Waals surface area contributed by atoms with Gasteiger partial charge in [0.2, 0.25) is 0 Å². The summed E-state index contributed by atoms with van der Waals surface area (Å²) in [5, 5.41) is 3.35. The van der Waals surface area contributed by atoms with Gasteiger partial charge in [-0.25, -0.2) is 0 Å². The second kappa shape index (κ2) is 6.67. The van der Waals surface area contributed by atoms with E-state index in [0.29, 0.717) is 12.0 Å². The maximum atomic E-state index is 5.85. The predicted octanol–water partition coefficient (Wildman–Crippen LogP) is 2.45. The van der Waals surface area contributed by atoms with Gasteiger partial charge in [0.05, 0.1) is 13.2 Å². The van der Waals surface area contributed by atoms with E-state index < -0.39 is 0 Å². The van der Waals surface area contributed by atoms with Gasteiger partial charge in [0.15, 0.2) is 11.5 Å². The molecule has 1 saturated heterocycles. The number of fused-ring (bicyclic) bond motifs is 1. The lowest BCUT2D eigenvalue weighted by atomic mass is 9.85. The molecule has 1 N–H and O–H groups in total. The van der Waals surface area contributed by atoms with Crippen LogP contribution in [0.15, 0.2) is 18.2 Å². The third-order valence-electron chi connectivity index (χ3n) is 4.59. The summed E-state index contributed by atoms with van der Waals surface area (Å²) in [6, 6.07) is 6.94. The lowest BCUT2D eigenvalue weighted by molar-refractivity contribution is 0.120. The average molecular weight is 290 g/mol. The van der Waals surface area contributed by atoms with Crippen molar-refractivity contribution in [2.75, 3.05) is 40.4 Å². The second-order valence-corrected chi connectivity index (χ2v) is 6.14. The third kappa shape index (κ3) is 3.16. The smallest absolute Gasteiger partial charge is 0.161 e. The Morgan fingerprint density at radius 2 is 2.00 bits per heavy atom. The van der Waals surface area contributed by atoms with Crippen molar-refractivity contribution in [1.82, 2.24) is 10.2 Å². The van der Waals surface area contributed by atoms with Gasteiger partial charge in [-0.1, -0.05) is 6.07 Å². The average Bonchev–Trinajstić information content (AvgIpc) is 2.72. The van der Waals surface area contributed by atoms with Crippen LogP contribution in [0.5, 0.6) is 11.5 Å². The molecule has 1 aromatic carbocycles. The van der Waals surface area contributed by atoms with E-state index in [0.717, 1.165) is 37.7 Å². The first-order valence-corrected chi connectivity index (χ1v) is 8.04. The van der Waals surface area contributed by atoms with E-state index in [1.54, 1.807) is 0 Å². The third-order valence-corrected chi connectivity index (χ3v) is 4.59. The van der Waals surface area contributed by atoms with Gasteiger partial charge in [-0.3, -0.25) is 4.90 Å². The number of likely N-dealkylation sites (tertiary alicyclic amines) is 1. The van der Waals surface area contributed by atoms with Crippen molar-refractivity contribution in [3.63, 3.8) is 0 Å². The second-order valence-electron chi connectivity index (χ2n) is 6.14. The monoisotopic (exact) mass is 290 g/mol. The number of ether oxygens (including phenoxy) is 2. The summed E-state index contributed by atoms with van der Waals surface area (Å²) in [5.74, 6) is 2.45. The topological polar surface area (TPSA) is 33.7 Å².